The van der Waals surface area contributed by atoms with E-state index >= 15 is 0 Å². The topological polar surface area (TPSA) is 80.9 Å². The van der Waals surface area contributed by atoms with Crippen molar-refractivity contribution in [3.05, 3.63) is 129 Å². The van der Waals surface area contributed by atoms with E-state index in [0.29, 0.717) is 16.3 Å². The van der Waals surface area contributed by atoms with Crippen molar-refractivity contribution in [2.75, 3.05) is 7.11 Å². The highest BCUT2D eigenvalue weighted by Crippen LogP contribution is 2.49. The van der Waals surface area contributed by atoms with Gasteiger partial charge in [-0.1, -0.05) is 65.7 Å². The summed E-state index contributed by atoms with van der Waals surface area (Å²) in [4.78, 5) is 23.5. The van der Waals surface area contributed by atoms with E-state index in [9.17, 15) is 22.4 Å². The molecule has 228 valence electrons. The molecule has 0 saturated carbocycles. The van der Waals surface area contributed by atoms with Crippen LogP contribution in [0.1, 0.15) is 27.0 Å². The van der Waals surface area contributed by atoms with E-state index in [1.165, 1.54) is 24.5 Å². The molecule has 3 N–H and O–H groups in total. The molecule has 7 nitrogen and oxygen atoms in total. The summed E-state index contributed by atoms with van der Waals surface area (Å²) in [5, 5.41) is 2.40. The highest BCUT2D eigenvalue weighted by molar-refractivity contribution is 6.35. The summed E-state index contributed by atoms with van der Waals surface area (Å²) in [5.41, 5.74) is 2.90. The van der Waals surface area contributed by atoms with Crippen molar-refractivity contribution in [3.8, 4) is 5.75 Å². The number of halogens is 6. The number of amides is 1. The number of carbonyl (C=O) groups excluding carboxylic acids is 1. The monoisotopic (exact) mass is 647 g/mol. The molecule has 44 heavy (non-hydrogen) atoms. The SMILES string of the molecule is COc1ccc(CONC=CNC(=O)c2ccc(C3=CC(c4cc(Cl)c(F)c(Cl)c4)(C(F)(F)F)ON3)c3ccccc23)cc1. The van der Waals surface area contributed by atoms with Gasteiger partial charge in [0.25, 0.3) is 5.91 Å². The average molecular weight is 648 g/mol. The average Bonchev–Trinajstić information content (AvgIpc) is 3.48. The lowest BCUT2D eigenvalue weighted by Crippen LogP contribution is -2.42. The Kier molecular flexibility index (Phi) is 9.02. The maximum atomic E-state index is 14.5. The molecule has 1 unspecified atom stereocenters. The fourth-order valence-electron chi connectivity index (χ4n) is 4.60. The summed E-state index contributed by atoms with van der Waals surface area (Å²) in [7, 11) is 1.58. The first-order valence-electron chi connectivity index (χ1n) is 12.9. The standard InChI is InChI=1S/C31H23Cl2F4N3O4/c1-42-20-8-6-18(7-9-20)17-43-39-13-12-38-29(41)24-11-10-23(21-4-2-3-5-22(21)24)27-16-30(44-40-27,31(35,36)37)19-14-25(32)28(34)26(33)15-19/h2-16,39-40H,17H2,1H3,(H,38,41). The van der Waals surface area contributed by atoms with Crippen LogP contribution in [-0.4, -0.2) is 19.2 Å². The third-order valence-corrected chi connectivity index (χ3v) is 7.36. The summed E-state index contributed by atoms with van der Waals surface area (Å²) in [6.45, 7) is 0.263. The third kappa shape index (κ3) is 6.18. The van der Waals surface area contributed by atoms with E-state index in [-0.39, 0.29) is 17.9 Å². The van der Waals surface area contributed by atoms with Crippen LogP contribution in [0.3, 0.4) is 0 Å². The van der Waals surface area contributed by atoms with Crippen LogP contribution in [0.5, 0.6) is 5.75 Å². The highest BCUT2D eigenvalue weighted by atomic mass is 35.5. The number of alkyl halides is 3. The number of hydrogen-bond donors (Lipinski definition) is 3. The van der Waals surface area contributed by atoms with Gasteiger partial charge >= 0.3 is 6.18 Å². The van der Waals surface area contributed by atoms with Gasteiger partial charge in [0.05, 0.1) is 29.5 Å². The number of hydrogen-bond acceptors (Lipinski definition) is 6. The summed E-state index contributed by atoms with van der Waals surface area (Å²) in [6, 6.07) is 18.6. The van der Waals surface area contributed by atoms with Crippen LogP contribution < -0.4 is 21.0 Å². The normalized spacial score (nSPS) is 16.6. The first-order chi connectivity index (χ1) is 21.0. The Morgan fingerprint density at radius 3 is 2.34 bits per heavy atom. The Morgan fingerprint density at radius 2 is 1.68 bits per heavy atom. The van der Waals surface area contributed by atoms with E-state index in [2.05, 4.69) is 16.3 Å². The first kappa shape index (κ1) is 31.1. The first-order valence-corrected chi connectivity index (χ1v) is 13.7. The zero-order chi connectivity index (χ0) is 31.5. The molecule has 5 rings (SSSR count). The van der Waals surface area contributed by atoms with Crippen LogP contribution in [0.2, 0.25) is 10.0 Å². The minimum Gasteiger partial charge on any atom is -0.497 e. The van der Waals surface area contributed by atoms with Crippen LogP contribution in [0.15, 0.2) is 91.3 Å². The molecule has 0 aliphatic carbocycles. The van der Waals surface area contributed by atoms with Gasteiger partial charge in [-0.3, -0.25) is 25.4 Å². The summed E-state index contributed by atoms with van der Waals surface area (Å²) in [6.07, 6.45) is -1.41. The molecular formula is C31H23Cl2F4N3O4. The van der Waals surface area contributed by atoms with Crippen molar-refractivity contribution in [3.63, 3.8) is 0 Å². The van der Waals surface area contributed by atoms with Gasteiger partial charge in [-0.05, 0) is 52.7 Å². The fourth-order valence-corrected chi connectivity index (χ4v) is 5.09. The van der Waals surface area contributed by atoms with Gasteiger partial charge in [-0.25, -0.2) is 4.39 Å². The lowest BCUT2D eigenvalue weighted by molar-refractivity contribution is -0.269. The number of benzene rings is 4. The molecule has 1 amide bonds. The molecule has 0 radical (unpaired) electrons. The number of carbonyl (C=O) groups is 1. The lowest BCUT2D eigenvalue weighted by atomic mass is 9.90. The molecule has 1 heterocycles. The van der Waals surface area contributed by atoms with Crippen LogP contribution in [-0.2, 0) is 21.9 Å². The van der Waals surface area contributed by atoms with Gasteiger partial charge in [-0.15, -0.1) is 0 Å². The zero-order valence-electron chi connectivity index (χ0n) is 22.8. The van der Waals surface area contributed by atoms with Gasteiger partial charge in [0.15, 0.2) is 5.82 Å². The van der Waals surface area contributed by atoms with Crippen molar-refractivity contribution in [1.29, 1.82) is 0 Å². The Balaban J connectivity index is 1.35. The number of methoxy groups -OCH3 is 1. The van der Waals surface area contributed by atoms with Gasteiger partial charge in [0, 0.05) is 29.1 Å². The molecule has 1 aliphatic rings. The molecule has 4 aromatic carbocycles. The van der Waals surface area contributed by atoms with E-state index in [1.54, 1.807) is 43.5 Å². The molecule has 0 fully saturated rings. The number of ether oxygens (including phenoxy) is 1. The van der Waals surface area contributed by atoms with E-state index < -0.39 is 39.1 Å². The number of rotatable bonds is 9. The van der Waals surface area contributed by atoms with Crippen LogP contribution in [0.25, 0.3) is 16.5 Å². The summed E-state index contributed by atoms with van der Waals surface area (Å²) >= 11 is 11.6. The second-order valence-corrected chi connectivity index (χ2v) is 10.3. The lowest BCUT2D eigenvalue weighted by Gasteiger charge is -2.28. The number of hydroxylamine groups is 2. The van der Waals surface area contributed by atoms with Crippen LogP contribution in [0.4, 0.5) is 17.6 Å². The van der Waals surface area contributed by atoms with Gasteiger partial charge < -0.3 is 10.1 Å². The molecular weight excluding hydrogens is 625 g/mol. The second kappa shape index (κ2) is 12.7. The Hall–Kier alpha value is -4.29. The third-order valence-electron chi connectivity index (χ3n) is 6.81. The summed E-state index contributed by atoms with van der Waals surface area (Å²) < 4.78 is 62.5. The molecule has 1 aliphatic heterocycles. The Morgan fingerprint density at radius 1 is 1.00 bits per heavy atom. The molecule has 4 aromatic rings. The second-order valence-electron chi connectivity index (χ2n) is 9.52. The van der Waals surface area contributed by atoms with E-state index in [4.69, 9.17) is 37.6 Å². The molecule has 0 saturated heterocycles. The van der Waals surface area contributed by atoms with Crippen molar-refractivity contribution in [1.82, 2.24) is 16.3 Å². The van der Waals surface area contributed by atoms with Crippen LogP contribution in [0, 0.1) is 5.82 Å². The minimum absolute atomic E-state index is 0.0276. The quantitative estimate of drug-likeness (QED) is 0.0753. The van der Waals surface area contributed by atoms with Crippen molar-refractivity contribution >= 4 is 45.6 Å². The predicted molar refractivity (Wildman–Crippen MR) is 158 cm³/mol. The highest BCUT2D eigenvalue weighted by Gasteiger charge is 2.60. The number of fused-ring (bicyclic) bond motifs is 1. The maximum absolute atomic E-state index is 14.5. The predicted octanol–water partition coefficient (Wildman–Crippen LogP) is 7.55. The molecule has 13 heteroatoms. The fraction of sp³-hybridized carbons (Fsp3) is 0.129. The van der Waals surface area contributed by atoms with E-state index in [1.807, 2.05) is 12.1 Å². The van der Waals surface area contributed by atoms with Crippen molar-refractivity contribution in [2.45, 2.75) is 18.4 Å². The van der Waals surface area contributed by atoms with Gasteiger partial charge in [0.1, 0.15) is 5.75 Å². The van der Waals surface area contributed by atoms with E-state index in [0.717, 1.165) is 29.5 Å². The smallest absolute Gasteiger partial charge is 0.428 e. The molecule has 1 atom stereocenters. The number of nitrogens with one attached hydrogen (secondary N) is 3. The zero-order valence-corrected chi connectivity index (χ0v) is 24.3. The minimum atomic E-state index is -4.99. The Bertz CT molecular complexity index is 1740. The van der Waals surface area contributed by atoms with Gasteiger partial charge in [0.2, 0.25) is 5.60 Å². The van der Waals surface area contributed by atoms with Crippen LogP contribution >= 0.6 is 23.2 Å². The van der Waals surface area contributed by atoms with Crippen molar-refractivity contribution in [2.24, 2.45) is 0 Å². The molecule has 0 bridgehead atoms. The molecule has 0 aromatic heterocycles. The summed E-state index contributed by atoms with van der Waals surface area (Å²) in [5.74, 6) is -0.786. The van der Waals surface area contributed by atoms with Gasteiger partial charge in [-0.2, -0.15) is 13.2 Å². The maximum Gasteiger partial charge on any atom is 0.428 e. The largest absolute Gasteiger partial charge is 0.497 e. The Labute approximate surface area is 258 Å². The molecule has 0 spiro atoms. The van der Waals surface area contributed by atoms with Crippen molar-refractivity contribution < 1.29 is 36.8 Å².